The third-order valence-corrected chi connectivity index (χ3v) is 5.97. The molecule has 8 heteroatoms. The lowest BCUT2D eigenvalue weighted by molar-refractivity contribution is 0.288. The van der Waals surface area contributed by atoms with Gasteiger partial charge in [0.25, 0.3) is 0 Å². The van der Waals surface area contributed by atoms with Gasteiger partial charge in [-0.15, -0.1) is 0 Å². The van der Waals surface area contributed by atoms with E-state index < -0.39 is 0 Å². The molecule has 160 valence electrons. The molecule has 0 saturated heterocycles. The molecule has 8 nitrogen and oxygen atoms in total. The van der Waals surface area contributed by atoms with Crippen molar-refractivity contribution in [3.63, 3.8) is 0 Å². The summed E-state index contributed by atoms with van der Waals surface area (Å²) in [4.78, 5) is 26.9. The Balaban J connectivity index is 1.42. The zero-order valence-corrected chi connectivity index (χ0v) is 17.7. The van der Waals surface area contributed by atoms with Crippen LogP contribution in [0.2, 0.25) is 0 Å². The Bertz CT molecular complexity index is 1510. The summed E-state index contributed by atoms with van der Waals surface area (Å²) < 4.78 is 11.7. The average molecular weight is 426 g/mol. The van der Waals surface area contributed by atoms with Crippen molar-refractivity contribution >= 4 is 21.9 Å². The zero-order chi connectivity index (χ0) is 21.7. The lowest BCUT2D eigenvalue weighted by Crippen LogP contribution is -2.25. The predicted octanol–water partition coefficient (Wildman–Crippen LogP) is 3.44. The van der Waals surface area contributed by atoms with E-state index in [0.717, 1.165) is 40.5 Å². The molecule has 0 N–H and O–H groups in total. The minimum atomic E-state index is -0.0113. The van der Waals surface area contributed by atoms with Crippen molar-refractivity contribution in [1.29, 1.82) is 0 Å². The number of para-hydroxylation sites is 3. The van der Waals surface area contributed by atoms with Gasteiger partial charge < -0.3 is 9.30 Å². The maximum absolute atomic E-state index is 13.3. The summed E-state index contributed by atoms with van der Waals surface area (Å²) >= 11 is 0. The molecular formula is C24H22N6O2. The van der Waals surface area contributed by atoms with Crippen molar-refractivity contribution in [2.24, 2.45) is 7.05 Å². The highest BCUT2D eigenvalue weighted by atomic mass is 16.5. The Morgan fingerprint density at radius 2 is 1.81 bits per heavy atom. The van der Waals surface area contributed by atoms with Crippen LogP contribution in [-0.2, 0) is 20.2 Å². The van der Waals surface area contributed by atoms with E-state index in [1.54, 1.807) is 17.1 Å². The van der Waals surface area contributed by atoms with Crippen molar-refractivity contribution in [2.45, 2.75) is 32.0 Å². The number of rotatable bonds is 6. The van der Waals surface area contributed by atoms with Gasteiger partial charge in [-0.3, -0.25) is 9.13 Å². The Morgan fingerprint density at radius 3 is 2.59 bits per heavy atom. The van der Waals surface area contributed by atoms with E-state index in [-0.39, 0.29) is 12.2 Å². The fraction of sp³-hybridized carbons (Fsp3) is 0.250. The highest BCUT2D eigenvalue weighted by Crippen LogP contribution is 2.36. The van der Waals surface area contributed by atoms with Crippen LogP contribution in [0.3, 0.4) is 0 Å². The number of benzene rings is 2. The molecule has 1 saturated carbocycles. The van der Waals surface area contributed by atoms with Gasteiger partial charge in [-0.05, 0) is 37.1 Å². The number of imidazole rings is 2. The molecule has 1 aliphatic rings. The summed E-state index contributed by atoms with van der Waals surface area (Å²) in [6, 6.07) is 16.0. The SMILES string of the molecule is Cn1cncc1COc1nc(Cn2c(=O)n(C3CC3)c3ccccc32)nc2ccccc12. The number of hydrogen-bond acceptors (Lipinski definition) is 5. The van der Waals surface area contributed by atoms with Gasteiger partial charge in [0.05, 0.1) is 46.7 Å². The summed E-state index contributed by atoms with van der Waals surface area (Å²) in [5.41, 5.74) is 3.59. The molecule has 32 heavy (non-hydrogen) atoms. The molecule has 3 aromatic heterocycles. The maximum atomic E-state index is 13.3. The number of nitrogens with zero attached hydrogens (tertiary/aromatic N) is 6. The fourth-order valence-corrected chi connectivity index (χ4v) is 4.15. The molecule has 0 bridgehead atoms. The van der Waals surface area contributed by atoms with Gasteiger partial charge in [0.2, 0.25) is 5.88 Å². The van der Waals surface area contributed by atoms with Gasteiger partial charge in [0, 0.05) is 13.1 Å². The monoisotopic (exact) mass is 426 g/mol. The van der Waals surface area contributed by atoms with Crippen molar-refractivity contribution in [2.75, 3.05) is 0 Å². The molecule has 6 rings (SSSR count). The number of aromatic nitrogens is 6. The van der Waals surface area contributed by atoms with Crippen LogP contribution in [0.25, 0.3) is 21.9 Å². The second kappa shape index (κ2) is 7.33. The highest BCUT2D eigenvalue weighted by Gasteiger charge is 2.29. The molecule has 2 aromatic carbocycles. The summed E-state index contributed by atoms with van der Waals surface area (Å²) in [6.45, 7) is 0.629. The van der Waals surface area contributed by atoms with Gasteiger partial charge in [-0.25, -0.2) is 14.8 Å². The van der Waals surface area contributed by atoms with Crippen LogP contribution < -0.4 is 10.4 Å². The summed E-state index contributed by atoms with van der Waals surface area (Å²) in [5.74, 6) is 1.05. The largest absolute Gasteiger partial charge is 0.471 e. The van der Waals surface area contributed by atoms with E-state index in [1.807, 2.05) is 64.7 Å². The fourth-order valence-electron chi connectivity index (χ4n) is 4.15. The van der Waals surface area contributed by atoms with E-state index in [1.165, 1.54) is 0 Å². The number of hydrogen-bond donors (Lipinski definition) is 0. The molecule has 0 unspecified atom stereocenters. The molecule has 0 spiro atoms. The van der Waals surface area contributed by atoms with Crippen molar-refractivity contribution < 1.29 is 4.74 Å². The molecule has 0 aliphatic heterocycles. The van der Waals surface area contributed by atoms with Gasteiger partial charge in [0.15, 0.2) is 5.82 Å². The quantitative estimate of drug-likeness (QED) is 0.416. The topological polar surface area (TPSA) is 79.8 Å². The molecule has 1 fully saturated rings. The highest BCUT2D eigenvalue weighted by molar-refractivity contribution is 5.83. The van der Waals surface area contributed by atoms with Gasteiger partial charge in [-0.2, -0.15) is 4.98 Å². The zero-order valence-electron chi connectivity index (χ0n) is 17.7. The molecule has 0 atom stereocenters. The predicted molar refractivity (Wildman–Crippen MR) is 121 cm³/mol. The van der Waals surface area contributed by atoms with Crippen LogP contribution in [0.5, 0.6) is 5.88 Å². The van der Waals surface area contributed by atoms with Crippen LogP contribution in [0, 0.1) is 0 Å². The van der Waals surface area contributed by atoms with Crippen molar-refractivity contribution in [3.05, 3.63) is 83.1 Å². The Labute approximate surface area is 183 Å². The van der Waals surface area contributed by atoms with E-state index in [2.05, 4.69) is 4.98 Å². The standard InChI is InChI=1S/C24H22N6O2/c1-28-15-25-12-17(28)14-32-23-18-6-2-3-7-19(18)26-22(27-23)13-29-20-8-4-5-9-21(20)30(24(29)31)16-10-11-16/h2-9,12,15-16H,10-11,13-14H2,1H3. The lowest BCUT2D eigenvalue weighted by Gasteiger charge is -2.11. The molecule has 1 aliphatic carbocycles. The Kier molecular flexibility index (Phi) is 4.31. The number of ether oxygens (including phenoxy) is 1. The first-order chi connectivity index (χ1) is 15.7. The second-order valence-electron chi connectivity index (χ2n) is 8.21. The van der Waals surface area contributed by atoms with Gasteiger partial charge >= 0.3 is 5.69 Å². The normalized spacial score (nSPS) is 13.8. The molecule has 5 aromatic rings. The smallest absolute Gasteiger partial charge is 0.329 e. The van der Waals surface area contributed by atoms with Crippen LogP contribution in [0.15, 0.2) is 65.8 Å². The minimum Gasteiger partial charge on any atom is -0.471 e. The Morgan fingerprint density at radius 1 is 1.03 bits per heavy atom. The van der Waals surface area contributed by atoms with Gasteiger partial charge in [0.1, 0.15) is 6.61 Å². The first-order valence-electron chi connectivity index (χ1n) is 10.7. The van der Waals surface area contributed by atoms with Crippen LogP contribution in [0.1, 0.15) is 30.4 Å². The first-order valence-corrected chi connectivity index (χ1v) is 10.7. The van der Waals surface area contributed by atoms with E-state index in [4.69, 9.17) is 14.7 Å². The third-order valence-electron chi connectivity index (χ3n) is 5.97. The molecule has 0 radical (unpaired) electrons. The third kappa shape index (κ3) is 3.15. The van der Waals surface area contributed by atoms with E-state index in [0.29, 0.717) is 24.4 Å². The summed E-state index contributed by atoms with van der Waals surface area (Å²) in [6.07, 6.45) is 5.61. The second-order valence-corrected chi connectivity index (χ2v) is 8.21. The minimum absolute atomic E-state index is 0.0113. The summed E-state index contributed by atoms with van der Waals surface area (Å²) in [7, 11) is 1.93. The van der Waals surface area contributed by atoms with Gasteiger partial charge in [-0.1, -0.05) is 24.3 Å². The van der Waals surface area contributed by atoms with Crippen LogP contribution >= 0.6 is 0 Å². The van der Waals surface area contributed by atoms with E-state index in [9.17, 15) is 4.79 Å². The van der Waals surface area contributed by atoms with Crippen LogP contribution in [-0.4, -0.2) is 28.7 Å². The molecule has 0 amide bonds. The molecular weight excluding hydrogens is 404 g/mol. The number of aryl methyl sites for hydroxylation is 1. The summed E-state index contributed by atoms with van der Waals surface area (Å²) in [5, 5.41) is 0.839. The number of fused-ring (bicyclic) bond motifs is 2. The van der Waals surface area contributed by atoms with Crippen LogP contribution in [0.4, 0.5) is 0 Å². The Hall–Kier alpha value is -3.94. The van der Waals surface area contributed by atoms with Crippen molar-refractivity contribution in [1.82, 2.24) is 28.7 Å². The lowest BCUT2D eigenvalue weighted by atomic mass is 10.2. The first kappa shape index (κ1) is 18.8. The van der Waals surface area contributed by atoms with E-state index >= 15 is 0 Å². The van der Waals surface area contributed by atoms with Crippen molar-refractivity contribution in [3.8, 4) is 5.88 Å². The molecule has 3 heterocycles. The average Bonchev–Trinajstić information content (AvgIpc) is 3.50. The maximum Gasteiger partial charge on any atom is 0.329 e.